The van der Waals surface area contributed by atoms with Crippen LogP contribution in [0.2, 0.25) is 5.02 Å². The smallest absolute Gasteiger partial charge is 0.129 e. The highest BCUT2D eigenvalue weighted by atomic mass is 35.5. The van der Waals surface area contributed by atoms with Crippen molar-refractivity contribution in [1.29, 1.82) is 0 Å². The molecule has 2 heterocycles. The number of rotatable bonds is 7. The standard InChI is InChI=1S/C15H22ClN3OS/c1-5-6-17-12(14-7-11(20-4)9-21-14)8-13-15(16)10(2)18-19(13)3/h7,9,12,17H,5-6,8H2,1-4H3. The summed E-state index contributed by atoms with van der Waals surface area (Å²) in [4.78, 5) is 1.26. The van der Waals surface area contributed by atoms with Crippen LogP contribution in [0.15, 0.2) is 11.4 Å². The number of halogens is 1. The number of nitrogens with one attached hydrogen (secondary N) is 1. The highest BCUT2D eigenvalue weighted by molar-refractivity contribution is 7.10. The summed E-state index contributed by atoms with van der Waals surface area (Å²) in [5.74, 6) is 0.908. The number of aryl methyl sites for hydroxylation is 2. The van der Waals surface area contributed by atoms with Crippen molar-refractivity contribution < 1.29 is 4.74 Å². The Morgan fingerprint density at radius 3 is 2.81 bits per heavy atom. The second-order valence-electron chi connectivity index (χ2n) is 5.07. The van der Waals surface area contributed by atoms with Gasteiger partial charge in [0.2, 0.25) is 0 Å². The number of nitrogens with zero attached hydrogens (tertiary/aromatic N) is 2. The summed E-state index contributed by atoms with van der Waals surface area (Å²) in [6.07, 6.45) is 1.91. The summed E-state index contributed by atoms with van der Waals surface area (Å²) in [6.45, 7) is 5.08. The molecule has 0 radical (unpaired) electrons. The fourth-order valence-electron chi connectivity index (χ4n) is 2.31. The van der Waals surface area contributed by atoms with Crippen LogP contribution >= 0.6 is 22.9 Å². The van der Waals surface area contributed by atoms with Crippen LogP contribution in [-0.2, 0) is 13.5 Å². The maximum atomic E-state index is 6.38. The molecule has 0 saturated carbocycles. The van der Waals surface area contributed by atoms with Crippen molar-refractivity contribution in [2.45, 2.75) is 32.7 Å². The molecule has 2 aromatic rings. The molecule has 0 amide bonds. The average molecular weight is 328 g/mol. The summed E-state index contributed by atoms with van der Waals surface area (Å²) < 4.78 is 7.17. The first-order chi connectivity index (χ1) is 10.1. The molecule has 0 bridgehead atoms. The Labute approximate surface area is 135 Å². The Morgan fingerprint density at radius 1 is 1.52 bits per heavy atom. The molecule has 1 atom stereocenters. The quantitative estimate of drug-likeness (QED) is 0.842. The van der Waals surface area contributed by atoms with Gasteiger partial charge in [-0.05, 0) is 26.0 Å². The van der Waals surface area contributed by atoms with Gasteiger partial charge >= 0.3 is 0 Å². The maximum absolute atomic E-state index is 6.38. The minimum atomic E-state index is 0.228. The van der Waals surface area contributed by atoms with Crippen molar-refractivity contribution in [3.05, 3.63) is 32.7 Å². The maximum Gasteiger partial charge on any atom is 0.129 e. The van der Waals surface area contributed by atoms with Crippen molar-refractivity contribution in [1.82, 2.24) is 15.1 Å². The highest BCUT2D eigenvalue weighted by Crippen LogP contribution is 2.31. The third-order valence-corrected chi connectivity index (χ3v) is 4.99. The summed E-state index contributed by atoms with van der Waals surface area (Å²) in [5, 5.41) is 10.8. The fourth-order valence-corrected chi connectivity index (χ4v) is 3.48. The van der Waals surface area contributed by atoms with Gasteiger partial charge in [-0.2, -0.15) is 5.10 Å². The lowest BCUT2D eigenvalue weighted by Gasteiger charge is -2.17. The van der Waals surface area contributed by atoms with Gasteiger partial charge in [-0.1, -0.05) is 18.5 Å². The van der Waals surface area contributed by atoms with Gasteiger partial charge in [-0.15, -0.1) is 11.3 Å². The minimum Gasteiger partial charge on any atom is -0.496 e. The molecule has 0 saturated heterocycles. The Kier molecular flexibility index (Phi) is 5.67. The monoisotopic (exact) mass is 327 g/mol. The number of methoxy groups -OCH3 is 1. The Bertz CT molecular complexity index is 594. The van der Waals surface area contributed by atoms with Gasteiger partial charge in [-0.25, -0.2) is 0 Å². The molecule has 0 aliphatic carbocycles. The van der Waals surface area contributed by atoms with E-state index >= 15 is 0 Å². The average Bonchev–Trinajstić information content (AvgIpc) is 3.03. The Hall–Kier alpha value is -1.04. The van der Waals surface area contributed by atoms with Gasteiger partial charge in [-0.3, -0.25) is 4.68 Å². The largest absolute Gasteiger partial charge is 0.496 e. The molecule has 6 heteroatoms. The van der Waals surface area contributed by atoms with Crippen molar-refractivity contribution in [3.63, 3.8) is 0 Å². The molecular formula is C15H22ClN3OS. The molecule has 2 rings (SSSR count). The predicted octanol–water partition coefficient (Wildman–Crippen LogP) is 3.74. The second kappa shape index (κ2) is 7.29. The lowest BCUT2D eigenvalue weighted by atomic mass is 10.1. The van der Waals surface area contributed by atoms with Crippen LogP contribution in [0.5, 0.6) is 5.75 Å². The summed E-state index contributed by atoms with van der Waals surface area (Å²) in [6, 6.07) is 2.32. The molecule has 0 aromatic carbocycles. The lowest BCUT2D eigenvalue weighted by molar-refractivity contribution is 0.415. The number of hydrogen-bond acceptors (Lipinski definition) is 4. The number of hydrogen-bond donors (Lipinski definition) is 1. The van der Waals surface area contributed by atoms with Gasteiger partial charge < -0.3 is 10.1 Å². The van der Waals surface area contributed by atoms with Gasteiger partial charge in [0, 0.05) is 29.8 Å². The summed E-state index contributed by atoms with van der Waals surface area (Å²) in [7, 11) is 3.64. The van der Waals surface area contributed by atoms with Crippen LogP contribution in [0.25, 0.3) is 0 Å². The molecule has 116 valence electrons. The lowest BCUT2D eigenvalue weighted by Crippen LogP contribution is -2.24. The van der Waals surface area contributed by atoms with E-state index in [1.54, 1.807) is 18.4 Å². The highest BCUT2D eigenvalue weighted by Gasteiger charge is 2.19. The van der Waals surface area contributed by atoms with E-state index in [1.165, 1.54) is 4.88 Å². The topological polar surface area (TPSA) is 39.1 Å². The van der Waals surface area contributed by atoms with E-state index in [2.05, 4.69) is 23.4 Å². The number of ether oxygens (including phenoxy) is 1. The van der Waals surface area contributed by atoms with Crippen LogP contribution in [0.1, 0.15) is 35.7 Å². The van der Waals surface area contributed by atoms with Crippen molar-refractivity contribution >= 4 is 22.9 Å². The normalized spacial score (nSPS) is 12.6. The van der Waals surface area contributed by atoms with Crippen LogP contribution in [0.3, 0.4) is 0 Å². The molecule has 21 heavy (non-hydrogen) atoms. The first-order valence-electron chi connectivity index (χ1n) is 7.10. The summed E-state index contributed by atoms with van der Waals surface area (Å²) in [5.41, 5.74) is 1.95. The Balaban J connectivity index is 2.23. The Morgan fingerprint density at radius 2 is 2.29 bits per heavy atom. The van der Waals surface area contributed by atoms with E-state index in [1.807, 2.05) is 24.0 Å². The molecule has 0 aliphatic heterocycles. The third-order valence-electron chi connectivity index (χ3n) is 3.47. The molecule has 4 nitrogen and oxygen atoms in total. The fraction of sp³-hybridized carbons (Fsp3) is 0.533. The molecule has 0 fully saturated rings. The van der Waals surface area contributed by atoms with Crippen LogP contribution in [-0.4, -0.2) is 23.4 Å². The van der Waals surface area contributed by atoms with E-state index in [9.17, 15) is 0 Å². The predicted molar refractivity (Wildman–Crippen MR) is 88.6 cm³/mol. The van der Waals surface area contributed by atoms with Crippen LogP contribution in [0.4, 0.5) is 0 Å². The SMILES string of the molecule is CCCNC(Cc1c(Cl)c(C)nn1C)c1cc(OC)cs1. The van der Waals surface area contributed by atoms with Gasteiger partial charge in [0.1, 0.15) is 5.75 Å². The van der Waals surface area contributed by atoms with E-state index < -0.39 is 0 Å². The molecular weight excluding hydrogens is 306 g/mol. The molecule has 2 aromatic heterocycles. The zero-order chi connectivity index (χ0) is 15.4. The van der Waals surface area contributed by atoms with Crippen LogP contribution < -0.4 is 10.1 Å². The van der Waals surface area contributed by atoms with E-state index in [-0.39, 0.29) is 6.04 Å². The van der Waals surface area contributed by atoms with Crippen molar-refractivity contribution in [2.24, 2.45) is 7.05 Å². The van der Waals surface area contributed by atoms with Crippen molar-refractivity contribution in [3.8, 4) is 5.75 Å². The van der Waals surface area contributed by atoms with Gasteiger partial charge in [0.15, 0.2) is 0 Å². The first-order valence-corrected chi connectivity index (χ1v) is 8.36. The number of thiophene rings is 1. The molecule has 0 spiro atoms. The minimum absolute atomic E-state index is 0.228. The molecule has 1 unspecified atom stereocenters. The molecule has 1 N–H and O–H groups in total. The zero-order valence-corrected chi connectivity index (χ0v) is 14.5. The summed E-state index contributed by atoms with van der Waals surface area (Å²) >= 11 is 8.09. The van der Waals surface area contributed by atoms with Gasteiger partial charge in [0.05, 0.1) is 23.5 Å². The van der Waals surface area contributed by atoms with Crippen LogP contribution in [0, 0.1) is 6.92 Å². The zero-order valence-electron chi connectivity index (χ0n) is 12.9. The second-order valence-corrected chi connectivity index (χ2v) is 6.39. The first kappa shape index (κ1) is 16.3. The van der Waals surface area contributed by atoms with E-state index in [0.29, 0.717) is 0 Å². The van der Waals surface area contributed by atoms with Gasteiger partial charge in [0.25, 0.3) is 0 Å². The van der Waals surface area contributed by atoms with E-state index in [0.717, 1.165) is 41.5 Å². The van der Waals surface area contributed by atoms with Crippen molar-refractivity contribution in [2.75, 3.05) is 13.7 Å². The third kappa shape index (κ3) is 3.78. The number of aromatic nitrogens is 2. The molecule has 0 aliphatic rings. The van der Waals surface area contributed by atoms with E-state index in [4.69, 9.17) is 16.3 Å².